The van der Waals surface area contributed by atoms with Gasteiger partial charge in [0.15, 0.2) is 0 Å². The molecule has 0 fully saturated rings. The van der Waals surface area contributed by atoms with Crippen molar-refractivity contribution in [1.29, 1.82) is 0 Å². The fraction of sp³-hybridized carbons (Fsp3) is 0.235. The predicted molar refractivity (Wildman–Crippen MR) is 92.9 cm³/mol. The average Bonchev–Trinajstić information content (AvgIpc) is 2.52. The first kappa shape index (κ1) is 17.0. The van der Waals surface area contributed by atoms with Crippen molar-refractivity contribution in [3.8, 4) is 0 Å². The molecule has 0 aliphatic heterocycles. The lowest BCUT2D eigenvalue weighted by Gasteiger charge is -2.22. The molecular formula is C17H20N2O3S. The van der Waals surface area contributed by atoms with Crippen molar-refractivity contribution in [2.24, 2.45) is 0 Å². The van der Waals surface area contributed by atoms with E-state index in [2.05, 4.69) is 5.32 Å². The summed E-state index contributed by atoms with van der Waals surface area (Å²) in [6.07, 6.45) is 1.87. The van der Waals surface area contributed by atoms with Crippen LogP contribution in [0.2, 0.25) is 0 Å². The van der Waals surface area contributed by atoms with Gasteiger partial charge in [0.2, 0.25) is 15.9 Å². The molecule has 2 rings (SSSR count). The molecule has 0 aliphatic rings. The third kappa shape index (κ3) is 5.41. The highest BCUT2D eigenvalue weighted by atomic mass is 32.2. The summed E-state index contributed by atoms with van der Waals surface area (Å²) in [7, 11) is -3.37. The lowest BCUT2D eigenvalue weighted by Crippen LogP contribution is -2.31. The van der Waals surface area contributed by atoms with E-state index in [1.54, 1.807) is 24.3 Å². The maximum atomic E-state index is 11.9. The molecule has 5 nitrogen and oxygen atoms in total. The van der Waals surface area contributed by atoms with E-state index in [9.17, 15) is 13.2 Å². The molecule has 1 amide bonds. The van der Waals surface area contributed by atoms with Crippen molar-refractivity contribution in [1.82, 2.24) is 0 Å². The Hall–Kier alpha value is -2.34. The molecule has 0 heterocycles. The molecule has 0 unspecified atom stereocenters. The van der Waals surface area contributed by atoms with E-state index in [0.29, 0.717) is 12.1 Å². The van der Waals surface area contributed by atoms with Crippen LogP contribution in [-0.2, 0) is 14.8 Å². The fourth-order valence-electron chi connectivity index (χ4n) is 2.21. The van der Waals surface area contributed by atoms with Crippen LogP contribution in [0, 0.1) is 0 Å². The number of benzene rings is 2. The molecule has 122 valence electrons. The summed E-state index contributed by atoms with van der Waals surface area (Å²) in [6.45, 7) is 0.269. The van der Waals surface area contributed by atoms with E-state index in [-0.39, 0.29) is 18.9 Å². The van der Waals surface area contributed by atoms with Gasteiger partial charge < -0.3 is 5.32 Å². The number of hydrogen-bond donors (Lipinski definition) is 1. The normalized spacial score (nSPS) is 11.0. The van der Waals surface area contributed by atoms with Crippen LogP contribution >= 0.6 is 0 Å². The third-order valence-corrected chi connectivity index (χ3v) is 4.46. The number of rotatable bonds is 7. The first-order chi connectivity index (χ1) is 11.0. The van der Waals surface area contributed by atoms with Gasteiger partial charge in [0.05, 0.1) is 11.9 Å². The second kappa shape index (κ2) is 7.78. The summed E-state index contributed by atoms with van der Waals surface area (Å²) in [6, 6.07) is 18.1. The van der Waals surface area contributed by atoms with Gasteiger partial charge in [-0.3, -0.25) is 9.10 Å². The molecule has 0 spiro atoms. The Morgan fingerprint density at radius 2 is 1.57 bits per heavy atom. The number of carbonyl (C=O) groups excluding carboxylic acids is 1. The lowest BCUT2D eigenvalue weighted by atomic mass is 10.2. The number of amides is 1. The molecule has 0 aromatic heterocycles. The Kier molecular flexibility index (Phi) is 5.76. The van der Waals surface area contributed by atoms with Crippen LogP contribution in [0.15, 0.2) is 60.7 Å². The third-order valence-electron chi connectivity index (χ3n) is 3.27. The minimum absolute atomic E-state index is 0.127. The zero-order valence-electron chi connectivity index (χ0n) is 13.0. The second-order valence-electron chi connectivity index (χ2n) is 5.19. The zero-order valence-corrected chi connectivity index (χ0v) is 13.8. The van der Waals surface area contributed by atoms with Crippen molar-refractivity contribution in [3.05, 3.63) is 60.7 Å². The Balaban J connectivity index is 1.91. The predicted octanol–water partition coefficient (Wildman–Crippen LogP) is 2.87. The van der Waals surface area contributed by atoms with Crippen molar-refractivity contribution < 1.29 is 13.2 Å². The average molecular weight is 332 g/mol. The standard InChI is InChI=1S/C17H20N2O3S/c1-23(21,22)19(16-11-6-3-7-12-16)14-8-13-17(20)18-15-9-4-2-5-10-15/h2-7,9-12H,8,13-14H2,1H3,(H,18,20). The summed E-state index contributed by atoms with van der Waals surface area (Å²) >= 11 is 0. The molecule has 0 saturated carbocycles. The molecule has 6 heteroatoms. The minimum Gasteiger partial charge on any atom is -0.326 e. The molecule has 0 atom stereocenters. The highest BCUT2D eigenvalue weighted by Crippen LogP contribution is 2.17. The number of hydrogen-bond acceptors (Lipinski definition) is 3. The maximum Gasteiger partial charge on any atom is 0.232 e. The van der Waals surface area contributed by atoms with Crippen molar-refractivity contribution in [2.45, 2.75) is 12.8 Å². The highest BCUT2D eigenvalue weighted by molar-refractivity contribution is 7.92. The van der Waals surface area contributed by atoms with Crippen LogP contribution < -0.4 is 9.62 Å². The summed E-state index contributed by atoms with van der Waals surface area (Å²) in [5.74, 6) is -0.127. The van der Waals surface area contributed by atoms with E-state index in [0.717, 1.165) is 5.69 Å². The summed E-state index contributed by atoms with van der Waals surface area (Å²) in [5, 5.41) is 2.79. The van der Waals surface area contributed by atoms with Gasteiger partial charge >= 0.3 is 0 Å². The monoisotopic (exact) mass is 332 g/mol. The van der Waals surface area contributed by atoms with E-state index in [4.69, 9.17) is 0 Å². The molecule has 0 saturated heterocycles. The second-order valence-corrected chi connectivity index (χ2v) is 7.10. The Morgan fingerprint density at radius 3 is 2.13 bits per heavy atom. The van der Waals surface area contributed by atoms with Gasteiger partial charge in [-0.2, -0.15) is 0 Å². The minimum atomic E-state index is -3.37. The molecular weight excluding hydrogens is 312 g/mol. The van der Waals surface area contributed by atoms with Crippen LogP contribution in [0.1, 0.15) is 12.8 Å². The maximum absolute atomic E-state index is 11.9. The largest absolute Gasteiger partial charge is 0.326 e. The SMILES string of the molecule is CS(=O)(=O)N(CCCC(=O)Nc1ccccc1)c1ccccc1. The molecule has 0 radical (unpaired) electrons. The van der Waals surface area contributed by atoms with Crippen LogP contribution in [0.4, 0.5) is 11.4 Å². The van der Waals surface area contributed by atoms with E-state index < -0.39 is 10.0 Å². The number of nitrogens with one attached hydrogen (secondary N) is 1. The van der Waals surface area contributed by atoms with Gasteiger partial charge in [-0.15, -0.1) is 0 Å². The van der Waals surface area contributed by atoms with E-state index >= 15 is 0 Å². The van der Waals surface area contributed by atoms with Gasteiger partial charge in [0.25, 0.3) is 0 Å². The van der Waals surface area contributed by atoms with Gasteiger partial charge in [-0.05, 0) is 30.7 Å². The number of sulfonamides is 1. The summed E-state index contributed by atoms with van der Waals surface area (Å²) < 4.78 is 25.2. The molecule has 2 aromatic rings. The summed E-state index contributed by atoms with van der Waals surface area (Å²) in [5.41, 5.74) is 1.35. The van der Waals surface area contributed by atoms with Gasteiger partial charge in [-0.1, -0.05) is 36.4 Å². The quantitative estimate of drug-likeness (QED) is 0.848. The van der Waals surface area contributed by atoms with Gasteiger partial charge in [0, 0.05) is 18.7 Å². The molecule has 23 heavy (non-hydrogen) atoms. The lowest BCUT2D eigenvalue weighted by molar-refractivity contribution is -0.116. The van der Waals surface area contributed by atoms with Crippen molar-refractivity contribution in [3.63, 3.8) is 0 Å². The Morgan fingerprint density at radius 1 is 1.00 bits per heavy atom. The number of para-hydroxylation sites is 2. The Bertz CT molecular complexity index is 731. The van der Waals surface area contributed by atoms with Crippen LogP contribution in [-0.4, -0.2) is 27.1 Å². The molecule has 1 N–H and O–H groups in total. The smallest absolute Gasteiger partial charge is 0.232 e. The Labute approximate surface area is 137 Å². The highest BCUT2D eigenvalue weighted by Gasteiger charge is 2.17. The van der Waals surface area contributed by atoms with E-state index in [1.165, 1.54) is 10.6 Å². The molecule has 2 aromatic carbocycles. The first-order valence-corrected chi connectivity index (χ1v) is 9.19. The van der Waals surface area contributed by atoms with Crippen molar-refractivity contribution >= 4 is 27.3 Å². The first-order valence-electron chi connectivity index (χ1n) is 7.34. The number of nitrogens with zero attached hydrogens (tertiary/aromatic N) is 1. The number of carbonyl (C=O) groups is 1. The number of anilines is 2. The van der Waals surface area contributed by atoms with Crippen LogP contribution in [0.25, 0.3) is 0 Å². The topological polar surface area (TPSA) is 66.5 Å². The van der Waals surface area contributed by atoms with Gasteiger partial charge in [0.1, 0.15) is 0 Å². The fourth-order valence-corrected chi connectivity index (χ4v) is 3.17. The zero-order chi connectivity index (χ0) is 16.7. The van der Waals surface area contributed by atoms with Crippen LogP contribution in [0.3, 0.4) is 0 Å². The molecule has 0 bridgehead atoms. The van der Waals surface area contributed by atoms with Gasteiger partial charge in [-0.25, -0.2) is 8.42 Å². The van der Waals surface area contributed by atoms with Crippen molar-refractivity contribution in [2.75, 3.05) is 22.4 Å². The summed E-state index contributed by atoms with van der Waals surface area (Å²) in [4.78, 5) is 11.9. The van der Waals surface area contributed by atoms with Crippen LogP contribution in [0.5, 0.6) is 0 Å². The molecule has 0 aliphatic carbocycles. The van der Waals surface area contributed by atoms with E-state index in [1.807, 2.05) is 36.4 Å².